The van der Waals surface area contributed by atoms with Crippen molar-refractivity contribution in [2.45, 2.75) is 26.2 Å². The van der Waals surface area contributed by atoms with E-state index in [1.807, 2.05) is 13.8 Å². The number of carbonyl (C=O) groups is 1. The molecule has 0 heterocycles. The molecule has 1 unspecified atom stereocenters. The lowest BCUT2D eigenvalue weighted by Crippen LogP contribution is -1.97. The molecule has 126 valence electrons. The Kier molecular flexibility index (Phi) is 5.23. The zero-order valence-corrected chi connectivity index (χ0v) is 13.1. The number of hydrogen-bond donors (Lipinski definition) is 2. The van der Waals surface area contributed by atoms with Gasteiger partial charge in [0, 0.05) is 6.07 Å². The van der Waals surface area contributed by atoms with Gasteiger partial charge in [-0.2, -0.15) is 5.11 Å². The van der Waals surface area contributed by atoms with Gasteiger partial charge in [0.1, 0.15) is 22.8 Å². The van der Waals surface area contributed by atoms with Crippen LogP contribution >= 0.6 is 0 Å². The minimum absolute atomic E-state index is 0.105. The average molecular weight is 334 g/mol. The summed E-state index contributed by atoms with van der Waals surface area (Å²) in [5, 5.41) is 25.9. The summed E-state index contributed by atoms with van der Waals surface area (Å²) in [5.41, 5.74) is -0.0215. The molecule has 0 aliphatic rings. The van der Waals surface area contributed by atoms with Gasteiger partial charge in [-0.1, -0.05) is 13.8 Å². The number of nitrogens with zero attached hydrogens (tertiary/aromatic N) is 2. The van der Waals surface area contributed by atoms with Crippen molar-refractivity contribution in [2.24, 2.45) is 10.2 Å². The van der Waals surface area contributed by atoms with E-state index in [-0.39, 0.29) is 22.9 Å². The van der Waals surface area contributed by atoms with Crippen LogP contribution in [0.4, 0.5) is 20.2 Å². The second kappa shape index (κ2) is 7.16. The van der Waals surface area contributed by atoms with Crippen LogP contribution in [0, 0.1) is 11.6 Å². The van der Waals surface area contributed by atoms with Gasteiger partial charge >= 0.3 is 5.97 Å². The summed E-state index contributed by atoms with van der Waals surface area (Å²) in [7, 11) is 0. The van der Waals surface area contributed by atoms with E-state index in [0.29, 0.717) is 12.0 Å². The Morgan fingerprint density at radius 2 is 1.88 bits per heavy atom. The summed E-state index contributed by atoms with van der Waals surface area (Å²) < 4.78 is 27.7. The topological polar surface area (TPSA) is 82.2 Å². The SMILES string of the molecule is CCC(C)c1cc(N=Nc2ccc(O)c(C(=O)O)c2)c(F)cc1F. The summed E-state index contributed by atoms with van der Waals surface area (Å²) in [5.74, 6) is -3.34. The van der Waals surface area contributed by atoms with Crippen molar-refractivity contribution in [3.05, 3.63) is 53.1 Å². The van der Waals surface area contributed by atoms with Crippen LogP contribution in [-0.4, -0.2) is 16.2 Å². The number of carboxylic acid groups (broad SMARTS) is 1. The minimum Gasteiger partial charge on any atom is -0.507 e. The smallest absolute Gasteiger partial charge is 0.339 e. The molecule has 0 saturated carbocycles. The molecule has 5 nitrogen and oxygen atoms in total. The van der Waals surface area contributed by atoms with Gasteiger partial charge in [0.25, 0.3) is 0 Å². The molecule has 24 heavy (non-hydrogen) atoms. The van der Waals surface area contributed by atoms with Crippen LogP contribution in [0.15, 0.2) is 40.6 Å². The van der Waals surface area contributed by atoms with Crippen LogP contribution < -0.4 is 0 Å². The summed E-state index contributed by atoms with van der Waals surface area (Å²) in [6.45, 7) is 3.70. The van der Waals surface area contributed by atoms with Gasteiger partial charge in [0.15, 0.2) is 5.82 Å². The number of azo groups is 1. The van der Waals surface area contributed by atoms with E-state index in [2.05, 4.69) is 10.2 Å². The predicted octanol–water partition coefficient (Wildman–Crippen LogP) is 5.30. The summed E-state index contributed by atoms with van der Waals surface area (Å²) in [6, 6.07) is 5.65. The van der Waals surface area contributed by atoms with Crippen LogP contribution in [0.5, 0.6) is 5.75 Å². The molecule has 0 aliphatic heterocycles. The minimum atomic E-state index is -1.32. The van der Waals surface area contributed by atoms with Gasteiger partial charge in [0.2, 0.25) is 0 Å². The van der Waals surface area contributed by atoms with E-state index < -0.39 is 23.4 Å². The number of benzene rings is 2. The van der Waals surface area contributed by atoms with E-state index in [9.17, 15) is 18.7 Å². The Morgan fingerprint density at radius 3 is 2.50 bits per heavy atom. The molecule has 1 atom stereocenters. The van der Waals surface area contributed by atoms with E-state index in [0.717, 1.165) is 18.2 Å². The monoisotopic (exact) mass is 334 g/mol. The number of halogens is 2. The van der Waals surface area contributed by atoms with Crippen LogP contribution in [0.25, 0.3) is 0 Å². The molecular formula is C17H16F2N2O3. The first-order chi connectivity index (χ1) is 11.3. The normalized spacial score (nSPS) is 12.5. The molecule has 0 aromatic heterocycles. The maximum atomic E-state index is 13.8. The Balaban J connectivity index is 2.39. The highest BCUT2D eigenvalue weighted by Gasteiger charge is 2.14. The van der Waals surface area contributed by atoms with Gasteiger partial charge in [0.05, 0.1) is 5.69 Å². The number of hydrogen-bond acceptors (Lipinski definition) is 4. The van der Waals surface area contributed by atoms with Crippen molar-refractivity contribution in [1.82, 2.24) is 0 Å². The standard InChI is InChI=1S/C17H16F2N2O3/c1-3-9(2)11-7-15(14(19)8-13(11)18)21-20-10-4-5-16(22)12(6-10)17(23)24/h4-9,22H,3H2,1-2H3,(H,23,24). The summed E-state index contributed by atoms with van der Waals surface area (Å²) in [6.07, 6.45) is 0.680. The predicted molar refractivity (Wildman–Crippen MR) is 84.3 cm³/mol. The fourth-order valence-corrected chi connectivity index (χ4v) is 2.10. The molecule has 2 aromatic carbocycles. The lowest BCUT2D eigenvalue weighted by atomic mass is 9.97. The van der Waals surface area contributed by atoms with E-state index in [4.69, 9.17) is 5.11 Å². The molecule has 0 radical (unpaired) electrons. The van der Waals surface area contributed by atoms with Crippen molar-refractivity contribution in [2.75, 3.05) is 0 Å². The lowest BCUT2D eigenvalue weighted by Gasteiger charge is -2.11. The third-order valence-corrected chi connectivity index (χ3v) is 3.69. The number of carboxylic acids is 1. The van der Waals surface area contributed by atoms with Crippen LogP contribution in [0.1, 0.15) is 42.1 Å². The molecule has 0 bridgehead atoms. The van der Waals surface area contributed by atoms with Crippen molar-refractivity contribution in [3.63, 3.8) is 0 Å². The van der Waals surface area contributed by atoms with Crippen LogP contribution in [0.2, 0.25) is 0 Å². The quantitative estimate of drug-likeness (QED) is 0.728. The maximum Gasteiger partial charge on any atom is 0.339 e. The highest BCUT2D eigenvalue weighted by molar-refractivity contribution is 5.91. The van der Waals surface area contributed by atoms with Gasteiger partial charge in [-0.25, -0.2) is 13.6 Å². The van der Waals surface area contributed by atoms with Crippen molar-refractivity contribution < 1.29 is 23.8 Å². The number of aromatic hydroxyl groups is 1. The molecule has 2 rings (SSSR count). The first-order valence-electron chi connectivity index (χ1n) is 7.30. The molecule has 0 spiro atoms. The zero-order valence-electron chi connectivity index (χ0n) is 13.1. The van der Waals surface area contributed by atoms with Crippen LogP contribution in [0.3, 0.4) is 0 Å². The third-order valence-electron chi connectivity index (χ3n) is 3.69. The van der Waals surface area contributed by atoms with Crippen molar-refractivity contribution in [3.8, 4) is 5.75 Å². The van der Waals surface area contributed by atoms with Gasteiger partial charge in [-0.3, -0.25) is 0 Å². The average Bonchev–Trinajstić information content (AvgIpc) is 2.54. The number of aromatic carboxylic acids is 1. The molecule has 7 heteroatoms. The Labute approximate surface area is 137 Å². The molecule has 2 N–H and O–H groups in total. The highest BCUT2D eigenvalue weighted by Crippen LogP contribution is 2.30. The Hall–Kier alpha value is -2.83. The second-order valence-corrected chi connectivity index (χ2v) is 5.34. The highest BCUT2D eigenvalue weighted by atomic mass is 19.1. The fourth-order valence-electron chi connectivity index (χ4n) is 2.10. The van der Waals surface area contributed by atoms with E-state index in [1.165, 1.54) is 12.1 Å². The molecule has 0 aliphatic carbocycles. The summed E-state index contributed by atoms with van der Waals surface area (Å²) in [4.78, 5) is 11.0. The van der Waals surface area contributed by atoms with Gasteiger partial charge < -0.3 is 10.2 Å². The van der Waals surface area contributed by atoms with E-state index >= 15 is 0 Å². The second-order valence-electron chi connectivity index (χ2n) is 5.34. The first-order valence-corrected chi connectivity index (χ1v) is 7.30. The van der Waals surface area contributed by atoms with Crippen molar-refractivity contribution >= 4 is 17.3 Å². The molecule has 0 amide bonds. The van der Waals surface area contributed by atoms with E-state index in [1.54, 1.807) is 0 Å². The number of rotatable bonds is 5. The van der Waals surface area contributed by atoms with Crippen molar-refractivity contribution in [1.29, 1.82) is 0 Å². The fraction of sp³-hybridized carbons (Fsp3) is 0.235. The molecule has 0 saturated heterocycles. The maximum absolute atomic E-state index is 13.8. The molecule has 0 fully saturated rings. The zero-order chi connectivity index (χ0) is 17.9. The molecule has 2 aromatic rings. The lowest BCUT2D eigenvalue weighted by molar-refractivity contribution is 0.0693. The molecular weight excluding hydrogens is 318 g/mol. The summed E-state index contributed by atoms with van der Waals surface area (Å²) >= 11 is 0. The Bertz CT molecular complexity index is 807. The largest absolute Gasteiger partial charge is 0.507 e. The number of phenols is 1. The van der Waals surface area contributed by atoms with Gasteiger partial charge in [-0.15, -0.1) is 5.11 Å². The van der Waals surface area contributed by atoms with Gasteiger partial charge in [-0.05, 0) is 42.2 Å². The first kappa shape index (κ1) is 17.5. The van der Waals surface area contributed by atoms with Crippen LogP contribution in [-0.2, 0) is 0 Å². The Morgan fingerprint density at radius 1 is 1.17 bits per heavy atom. The third kappa shape index (κ3) is 3.73.